The van der Waals surface area contributed by atoms with E-state index in [4.69, 9.17) is 11.8 Å². The van der Waals surface area contributed by atoms with Crippen molar-refractivity contribution in [1.29, 1.82) is 0 Å². The number of halogens is 1. The minimum absolute atomic E-state index is 0.243. The lowest BCUT2D eigenvalue weighted by molar-refractivity contribution is 0.0884. The van der Waals surface area contributed by atoms with Gasteiger partial charge in [0.15, 0.2) is 0 Å². The maximum Gasteiger partial charge on any atom is 0.269 e. The van der Waals surface area contributed by atoms with Crippen LogP contribution < -0.4 is 0 Å². The van der Waals surface area contributed by atoms with Crippen LogP contribution in [0.5, 0.6) is 0 Å². The molecule has 0 spiro atoms. The highest BCUT2D eigenvalue weighted by molar-refractivity contribution is 6.23. The van der Waals surface area contributed by atoms with Gasteiger partial charge in [-0.05, 0) is 18.6 Å². The van der Waals surface area contributed by atoms with Crippen LogP contribution in [0.15, 0.2) is 18.5 Å². The second-order valence-electron chi connectivity index (χ2n) is 2.53. The molecule has 0 N–H and O–H groups in total. The van der Waals surface area contributed by atoms with Gasteiger partial charge in [0, 0.05) is 31.2 Å². The molecule has 0 aliphatic heterocycles. The monoisotopic (exact) mass is 184 g/mol. The predicted octanol–water partition coefficient (Wildman–Crippen LogP) is 1.62. The van der Waals surface area contributed by atoms with Crippen LogP contribution in [0.2, 0.25) is 0 Å². The van der Waals surface area contributed by atoms with Crippen molar-refractivity contribution in [2.45, 2.75) is 6.92 Å². The minimum atomic E-state index is -0.243. The zero-order valence-corrected chi connectivity index (χ0v) is 7.67. The van der Waals surface area contributed by atoms with E-state index in [-0.39, 0.29) is 5.91 Å². The number of pyridine rings is 1. The number of amides is 1. The smallest absolute Gasteiger partial charge is 0.268 e. The van der Waals surface area contributed by atoms with Gasteiger partial charge in [-0.1, -0.05) is 0 Å². The summed E-state index contributed by atoms with van der Waals surface area (Å²) in [6, 6.07) is 1.74. The van der Waals surface area contributed by atoms with Crippen molar-refractivity contribution in [2.75, 3.05) is 7.05 Å². The van der Waals surface area contributed by atoms with Gasteiger partial charge in [-0.25, -0.2) is 0 Å². The van der Waals surface area contributed by atoms with Gasteiger partial charge < -0.3 is 0 Å². The van der Waals surface area contributed by atoms with Crippen LogP contribution >= 0.6 is 11.8 Å². The predicted molar refractivity (Wildman–Crippen MR) is 46.9 cm³/mol. The fraction of sp³-hybridized carbons (Fsp3) is 0.250. The van der Waals surface area contributed by atoms with Gasteiger partial charge in [0.25, 0.3) is 5.91 Å². The van der Waals surface area contributed by atoms with Crippen molar-refractivity contribution < 1.29 is 4.79 Å². The Morgan fingerprint density at radius 3 is 2.75 bits per heavy atom. The molecule has 0 saturated heterocycles. The van der Waals surface area contributed by atoms with Gasteiger partial charge in [0.2, 0.25) is 0 Å². The highest BCUT2D eigenvalue weighted by Gasteiger charge is 2.08. The molecule has 0 saturated carbocycles. The number of carbonyl (C=O) groups excluding carboxylic acids is 1. The number of hydrogen-bond acceptors (Lipinski definition) is 2. The molecular weight excluding hydrogens is 176 g/mol. The molecule has 1 amide bonds. The van der Waals surface area contributed by atoms with Crippen LogP contribution in [-0.4, -0.2) is 22.4 Å². The zero-order valence-electron chi connectivity index (χ0n) is 6.91. The summed E-state index contributed by atoms with van der Waals surface area (Å²) in [4.78, 5) is 15.1. The van der Waals surface area contributed by atoms with E-state index in [1.807, 2.05) is 6.92 Å². The van der Waals surface area contributed by atoms with Crippen molar-refractivity contribution in [3.8, 4) is 0 Å². The van der Waals surface area contributed by atoms with Crippen molar-refractivity contribution >= 4 is 17.7 Å². The first-order valence-corrected chi connectivity index (χ1v) is 3.80. The van der Waals surface area contributed by atoms with Crippen LogP contribution in [0.4, 0.5) is 0 Å². The Bertz CT molecular complexity index is 299. The van der Waals surface area contributed by atoms with Crippen molar-refractivity contribution in [1.82, 2.24) is 9.40 Å². The average molecular weight is 185 g/mol. The van der Waals surface area contributed by atoms with Crippen molar-refractivity contribution in [3.63, 3.8) is 0 Å². The molecule has 64 valence electrons. The quantitative estimate of drug-likeness (QED) is 0.622. The molecule has 0 bridgehead atoms. The van der Waals surface area contributed by atoms with E-state index >= 15 is 0 Å². The molecular formula is C8H9ClN2O. The number of aromatic nitrogens is 1. The van der Waals surface area contributed by atoms with Crippen molar-refractivity contribution in [3.05, 3.63) is 29.6 Å². The summed E-state index contributed by atoms with van der Waals surface area (Å²) in [5.74, 6) is -0.243. The number of aryl methyl sites for hydroxylation is 1. The van der Waals surface area contributed by atoms with Gasteiger partial charge in [-0.3, -0.25) is 14.2 Å². The Morgan fingerprint density at radius 1 is 1.58 bits per heavy atom. The molecule has 0 unspecified atom stereocenters. The largest absolute Gasteiger partial charge is 0.269 e. The molecule has 0 aromatic carbocycles. The van der Waals surface area contributed by atoms with Gasteiger partial charge in [0.1, 0.15) is 0 Å². The van der Waals surface area contributed by atoms with E-state index in [1.54, 1.807) is 12.3 Å². The fourth-order valence-electron chi connectivity index (χ4n) is 0.850. The summed E-state index contributed by atoms with van der Waals surface area (Å²) in [5, 5.41) is 0. The maximum absolute atomic E-state index is 11.3. The Balaban J connectivity index is 2.96. The summed E-state index contributed by atoms with van der Waals surface area (Å²) >= 11 is 5.47. The maximum atomic E-state index is 11.3. The van der Waals surface area contributed by atoms with Gasteiger partial charge in [-0.15, -0.1) is 0 Å². The highest BCUT2D eigenvalue weighted by Crippen LogP contribution is 2.05. The van der Waals surface area contributed by atoms with Gasteiger partial charge in [-0.2, -0.15) is 0 Å². The number of hydrogen-bond donors (Lipinski definition) is 0. The number of rotatable bonds is 1. The molecule has 1 aromatic rings. The molecule has 0 aliphatic rings. The third-order valence-corrected chi connectivity index (χ3v) is 1.56. The first kappa shape index (κ1) is 9.00. The molecule has 0 fully saturated rings. The van der Waals surface area contributed by atoms with Crippen LogP contribution in [0, 0.1) is 6.92 Å². The lowest BCUT2D eigenvalue weighted by Crippen LogP contribution is -2.16. The lowest BCUT2D eigenvalue weighted by Gasteiger charge is -2.06. The summed E-state index contributed by atoms with van der Waals surface area (Å²) in [6.07, 6.45) is 3.18. The molecule has 0 radical (unpaired) electrons. The zero-order chi connectivity index (χ0) is 9.14. The summed E-state index contributed by atoms with van der Waals surface area (Å²) < 4.78 is 1.01. The molecule has 1 aromatic heterocycles. The number of nitrogens with zero attached hydrogens (tertiary/aromatic N) is 2. The normalized spacial score (nSPS) is 9.58. The van der Waals surface area contributed by atoms with Gasteiger partial charge in [0.05, 0.1) is 5.56 Å². The van der Waals surface area contributed by atoms with E-state index in [2.05, 4.69) is 4.98 Å². The van der Waals surface area contributed by atoms with E-state index in [0.717, 1.165) is 9.98 Å². The highest BCUT2D eigenvalue weighted by atomic mass is 35.5. The number of carbonyl (C=O) groups is 1. The Hall–Kier alpha value is -1.09. The molecule has 0 aliphatic carbocycles. The SMILES string of the molecule is Cc1cncc(C(=O)N(C)Cl)c1. The molecule has 12 heavy (non-hydrogen) atoms. The van der Waals surface area contributed by atoms with Crippen LogP contribution in [0.3, 0.4) is 0 Å². The first-order chi connectivity index (χ1) is 5.61. The minimum Gasteiger partial charge on any atom is -0.268 e. The summed E-state index contributed by atoms with van der Waals surface area (Å²) in [5.41, 5.74) is 1.45. The van der Waals surface area contributed by atoms with Crippen LogP contribution in [-0.2, 0) is 0 Å². The molecule has 4 heteroatoms. The van der Waals surface area contributed by atoms with E-state index in [1.165, 1.54) is 13.2 Å². The first-order valence-electron chi connectivity index (χ1n) is 3.47. The van der Waals surface area contributed by atoms with Gasteiger partial charge >= 0.3 is 0 Å². The summed E-state index contributed by atoms with van der Waals surface area (Å²) in [6.45, 7) is 1.87. The fourth-order valence-corrected chi connectivity index (χ4v) is 0.947. The molecule has 1 heterocycles. The Kier molecular flexibility index (Phi) is 2.65. The Morgan fingerprint density at radius 2 is 2.25 bits per heavy atom. The van der Waals surface area contributed by atoms with E-state index in [0.29, 0.717) is 5.56 Å². The third kappa shape index (κ3) is 1.95. The lowest BCUT2D eigenvalue weighted by atomic mass is 10.2. The summed E-state index contributed by atoms with van der Waals surface area (Å²) in [7, 11) is 1.49. The third-order valence-electron chi connectivity index (χ3n) is 1.40. The van der Waals surface area contributed by atoms with Crippen LogP contribution in [0.25, 0.3) is 0 Å². The molecule has 3 nitrogen and oxygen atoms in total. The Labute approximate surface area is 76.1 Å². The average Bonchev–Trinajstić information content (AvgIpc) is 2.03. The standard InChI is InChI=1S/C8H9ClN2O/c1-6-3-7(5-10-4-6)8(12)11(2)9/h3-5H,1-2H3. The second-order valence-corrected chi connectivity index (χ2v) is 3.04. The molecule has 0 atom stereocenters. The van der Waals surface area contributed by atoms with Crippen LogP contribution in [0.1, 0.15) is 15.9 Å². The molecule has 1 rings (SSSR count). The van der Waals surface area contributed by atoms with E-state index < -0.39 is 0 Å². The topological polar surface area (TPSA) is 33.2 Å². The second kappa shape index (κ2) is 3.54. The van der Waals surface area contributed by atoms with E-state index in [9.17, 15) is 4.79 Å². The van der Waals surface area contributed by atoms with Crippen molar-refractivity contribution in [2.24, 2.45) is 0 Å².